The number of sulfone groups is 1. The maximum atomic E-state index is 12.6. The minimum Gasteiger partial charge on any atom is -0.325 e. The summed E-state index contributed by atoms with van der Waals surface area (Å²) >= 11 is 6.25. The number of aromatic nitrogens is 2. The molecule has 1 aromatic carbocycles. The summed E-state index contributed by atoms with van der Waals surface area (Å²) in [4.78, 5) is 24.7. The highest BCUT2D eigenvalue weighted by Gasteiger charge is 2.20. The number of rotatable bonds is 10. The molecule has 31 heavy (non-hydrogen) atoms. The average Bonchev–Trinajstić information content (AvgIpc) is 3.00. The largest absolute Gasteiger partial charge is 0.325 e. The summed E-state index contributed by atoms with van der Waals surface area (Å²) in [6.45, 7) is 7.44. The van der Waals surface area contributed by atoms with E-state index in [0.717, 1.165) is 24.2 Å². The van der Waals surface area contributed by atoms with Gasteiger partial charge in [-0.1, -0.05) is 31.4 Å². The highest BCUT2D eigenvalue weighted by Crippen LogP contribution is 2.26. The fourth-order valence-corrected chi connectivity index (χ4v) is 4.61. The third kappa shape index (κ3) is 7.36. The Kier molecular flexibility index (Phi) is 8.64. The quantitative estimate of drug-likeness (QED) is 0.514. The van der Waals surface area contributed by atoms with E-state index in [1.165, 1.54) is 6.07 Å². The zero-order valence-electron chi connectivity index (χ0n) is 18.2. The molecular formula is C21H29ClN4O4S. The van der Waals surface area contributed by atoms with Gasteiger partial charge in [0.2, 0.25) is 11.8 Å². The molecule has 1 heterocycles. The van der Waals surface area contributed by atoms with Gasteiger partial charge in [-0.25, -0.2) is 8.42 Å². The molecule has 0 spiro atoms. The predicted molar refractivity (Wildman–Crippen MR) is 123 cm³/mol. The molecule has 0 saturated carbocycles. The van der Waals surface area contributed by atoms with Crippen molar-refractivity contribution in [3.8, 4) is 0 Å². The van der Waals surface area contributed by atoms with Gasteiger partial charge in [-0.3, -0.25) is 14.3 Å². The second kappa shape index (κ2) is 10.8. The van der Waals surface area contributed by atoms with Gasteiger partial charge >= 0.3 is 0 Å². The smallest absolute Gasteiger partial charge is 0.248 e. The van der Waals surface area contributed by atoms with Crippen LogP contribution in [-0.4, -0.2) is 41.5 Å². The van der Waals surface area contributed by atoms with Gasteiger partial charge in [0, 0.05) is 11.4 Å². The van der Waals surface area contributed by atoms with E-state index in [1.54, 1.807) is 23.7 Å². The van der Waals surface area contributed by atoms with E-state index in [-0.39, 0.29) is 16.7 Å². The van der Waals surface area contributed by atoms with Gasteiger partial charge in [0.1, 0.15) is 11.8 Å². The summed E-state index contributed by atoms with van der Waals surface area (Å²) in [5.74, 6) is -1.49. The first-order valence-electron chi connectivity index (χ1n) is 10.2. The fraction of sp³-hybridized carbons (Fsp3) is 0.476. The number of nitrogens with zero attached hydrogens (tertiary/aromatic N) is 2. The molecule has 1 atom stereocenters. The number of unbranched alkanes of at least 4 members (excludes halogenated alkanes) is 2. The van der Waals surface area contributed by atoms with Crippen LogP contribution in [0.5, 0.6) is 0 Å². The van der Waals surface area contributed by atoms with E-state index >= 15 is 0 Å². The molecule has 0 aliphatic heterocycles. The van der Waals surface area contributed by atoms with E-state index in [9.17, 15) is 18.0 Å². The molecule has 2 aromatic rings. The maximum absolute atomic E-state index is 12.6. The van der Waals surface area contributed by atoms with Crippen molar-refractivity contribution in [1.82, 2.24) is 9.78 Å². The summed E-state index contributed by atoms with van der Waals surface area (Å²) in [6, 6.07) is 5.92. The number of amides is 2. The second-order valence-corrected chi connectivity index (χ2v) is 10.2. The molecule has 0 bridgehead atoms. The van der Waals surface area contributed by atoms with Crippen molar-refractivity contribution in [2.75, 3.05) is 22.1 Å². The molecule has 0 aliphatic carbocycles. The Morgan fingerprint density at radius 1 is 1.16 bits per heavy atom. The first-order chi connectivity index (χ1) is 14.5. The normalized spacial score (nSPS) is 12.4. The molecule has 2 N–H and O–H groups in total. The highest BCUT2D eigenvalue weighted by molar-refractivity contribution is 7.92. The van der Waals surface area contributed by atoms with Crippen molar-refractivity contribution in [3.05, 3.63) is 40.7 Å². The molecule has 170 valence electrons. The van der Waals surface area contributed by atoms with Crippen LogP contribution in [0.15, 0.2) is 24.3 Å². The third-order valence-electron chi connectivity index (χ3n) is 4.71. The molecular weight excluding hydrogens is 440 g/mol. The Bertz CT molecular complexity index is 1050. The summed E-state index contributed by atoms with van der Waals surface area (Å²) in [5, 5.41) is 9.83. The summed E-state index contributed by atoms with van der Waals surface area (Å²) in [7, 11) is -3.46. The van der Waals surface area contributed by atoms with Crippen LogP contribution in [-0.2, 0) is 19.4 Å². The lowest BCUT2D eigenvalue weighted by Crippen LogP contribution is -2.26. The Morgan fingerprint density at radius 3 is 2.45 bits per heavy atom. The van der Waals surface area contributed by atoms with Gasteiger partial charge in [-0.2, -0.15) is 5.10 Å². The second-order valence-electron chi connectivity index (χ2n) is 7.58. The predicted octanol–water partition coefficient (Wildman–Crippen LogP) is 3.90. The number of carbonyl (C=O) groups excluding carboxylic acids is 2. The number of halogens is 1. The van der Waals surface area contributed by atoms with Crippen molar-refractivity contribution in [1.29, 1.82) is 0 Å². The molecule has 0 aliphatic rings. The lowest BCUT2D eigenvalue weighted by molar-refractivity contribution is -0.119. The maximum Gasteiger partial charge on any atom is 0.248 e. The van der Waals surface area contributed by atoms with Crippen molar-refractivity contribution < 1.29 is 18.0 Å². The van der Waals surface area contributed by atoms with Gasteiger partial charge < -0.3 is 10.6 Å². The number of hydrogen-bond acceptors (Lipinski definition) is 5. The van der Waals surface area contributed by atoms with Crippen LogP contribution in [0.3, 0.4) is 0 Å². The molecule has 2 amide bonds. The summed E-state index contributed by atoms with van der Waals surface area (Å²) in [6.07, 6.45) is 2.26. The van der Waals surface area contributed by atoms with E-state index in [4.69, 9.17) is 11.6 Å². The molecule has 0 fully saturated rings. The van der Waals surface area contributed by atoms with Crippen LogP contribution in [0.4, 0.5) is 11.4 Å². The van der Waals surface area contributed by atoms with Crippen molar-refractivity contribution in [3.63, 3.8) is 0 Å². The van der Waals surface area contributed by atoms with Crippen LogP contribution in [0.1, 0.15) is 50.5 Å². The van der Waals surface area contributed by atoms with E-state index in [1.807, 2.05) is 26.8 Å². The Morgan fingerprint density at radius 2 is 1.87 bits per heavy atom. The van der Waals surface area contributed by atoms with Gasteiger partial charge in [0.05, 0.1) is 22.2 Å². The zero-order valence-corrected chi connectivity index (χ0v) is 19.8. The van der Waals surface area contributed by atoms with Crippen LogP contribution >= 0.6 is 11.6 Å². The lowest BCUT2D eigenvalue weighted by atomic mass is 10.2. The number of hydrogen-bond donors (Lipinski definition) is 2. The van der Waals surface area contributed by atoms with Gasteiger partial charge in [-0.15, -0.1) is 0 Å². The van der Waals surface area contributed by atoms with E-state index in [2.05, 4.69) is 15.7 Å². The molecule has 1 aromatic heterocycles. The van der Waals surface area contributed by atoms with Crippen molar-refractivity contribution in [2.24, 2.45) is 0 Å². The molecule has 2 rings (SSSR count). The van der Waals surface area contributed by atoms with Crippen molar-refractivity contribution in [2.45, 2.75) is 53.0 Å². The standard InChI is InChI=1S/C21H29ClN4O4S/c1-5-6-7-10-31(29,30)13-20(27)23-17-8-9-19(18(22)12-17)24-21(28)16(4)26-15(3)11-14(2)25-26/h8-9,11-12,16H,5-7,10,13H2,1-4H3,(H,23,27)(H,24,28). The number of anilines is 2. The Balaban J connectivity index is 1.99. The Labute approximate surface area is 188 Å². The monoisotopic (exact) mass is 468 g/mol. The van der Waals surface area contributed by atoms with E-state index < -0.39 is 27.5 Å². The molecule has 10 heteroatoms. The van der Waals surface area contributed by atoms with Crippen LogP contribution < -0.4 is 10.6 Å². The molecule has 0 radical (unpaired) electrons. The van der Waals surface area contributed by atoms with E-state index in [0.29, 0.717) is 17.8 Å². The van der Waals surface area contributed by atoms with Crippen LogP contribution in [0.2, 0.25) is 5.02 Å². The number of nitrogens with one attached hydrogen (secondary N) is 2. The zero-order chi connectivity index (χ0) is 23.2. The number of aryl methyl sites for hydroxylation is 2. The van der Waals surface area contributed by atoms with Gasteiger partial charge in [0.15, 0.2) is 9.84 Å². The number of benzene rings is 1. The molecule has 1 unspecified atom stereocenters. The van der Waals surface area contributed by atoms with Crippen molar-refractivity contribution >= 4 is 44.6 Å². The minimum absolute atomic E-state index is 0.00653. The van der Waals surface area contributed by atoms with Gasteiger partial charge in [0.25, 0.3) is 0 Å². The summed E-state index contributed by atoms with van der Waals surface area (Å²) < 4.78 is 25.7. The van der Waals surface area contributed by atoms with Crippen LogP contribution in [0.25, 0.3) is 0 Å². The van der Waals surface area contributed by atoms with Crippen LogP contribution in [0, 0.1) is 13.8 Å². The molecule has 0 saturated heterocycles. The third-order valence-corrected chi connectivity index (χ3v) is 6.64. The average molecular weight is 469 g/mol. The highest BCUT2D eigenvalue weighted by atomic mass is 35.5. The molecule has 8 nitrogen and oxygen atoms in total. The topological polar surface area (TPSA) is 110 Å². The number of carbonyl (C=O) groups is 2. The fourth-order valence-electron chi connectivity index (χ4n) is 3.12. The lowest BCUT2D eigenvalue weighted by Gasteiger charge is -2.16. The minimum atomic E-state index is -3.46. The first kappa shape index (κ1) is 24.9. The SMILES string of the molecule is CCCCCS(=O)(=O)CC(=O)Nc1ccc(NC(=O)C(C)n2nc(C)cc2C)c(Cl)c1. The van der Waals surface area contributed by atoms with Gasteiger partial charge in [-0.05, 0) is 51.5 Å². The summed E-state index contributed by atoms with van der Waals surface area (Å²) in [5.41, 5.74) is 2.42. The first-order valence-corrected chi connectivity index (χ1v) is 12.4. The Hall–Kier alpha value is -2.39.